The van der Waals surface area contributed by atoms with Crippen LogP contribution in [-0.2, 0) is 11.3 Å². The van der Waals surface area contributed by atoms with E-state index in [2.05, 4.69) is 26.1 Å². The molecule has 0 aromatic carbocycles. The maximum atomic E-state index is 13.0. The second kappa shape index (κ2) is 7.21. The zero-order valence-electron chi connectivity index (χ0n) is 17.1. The van der Waals surface area contributed by atoms with Crippen molar-refractivity contribution in [1.82, 2.24) is 9.47 Å². The Morgan fingerprint density at radius 2 is 1.97 bits per heavy atom. The number of nitrogens with one attached hydrogen (secondary N) is 1. The first-order valence-electron chi connectivity index (χ1n) is 10.1. The van der Waals surface area contributed by atoms with E-state index in [9.17, 15) is 14.4 Å². The van der Waals surface area contributed by atoms with E-state index in [-0.39, 0.29) is 40.2 Å². The summed E-state index contributed by atoms with van der Waals surface area (Å²) in [5.74, 6) is 0.303. The summed E-state index contributed by atoms with van der Waals surface area (Å²) in [7, 11) is 0. The highest BCUT2D eigenvalue weighted by atomic mass is 16.3. The minimum atomic E-state index is -0.442. The standard InChI is InChI=1S/C22H27N3O4/c1-22(2,3)10-19(26)24-11-14-9-15(13-24)17-7-6-16(21(28)25(17)12-14)23-20(27)18-5-4-8-29-18/h4-8,14-15H,9-13H2,1-3H3,(H,23,27)/t14-,15-/m1/s1. The number of carbonyl (C=O) groups is 2. The quantitative estimate of drug-likeness (QED) is 0.863. The molecule has 0 aliphatic carbocycles. The number of furan rings is 1. The zero-order valence-corrected chi connectivity index (χ0v) is 17.1. The Hall–Kier alpha value is -2.83. The lowest BCUT2D eigenvalue weighted by Crippen LogP contribution is -2.49. The zero-order chi connectivity index (χ0) is 20.8. The minimum absolute atomic E-state index is 0.0421. The monoisotopic (exact) mass is 397 g/mol. The third kappa shape index (κ3) is 3.99. The minimum Gasteiger partial charge on any atom is -0.459 e. The van der Waals surface area contributed by atoms with Gasteiger partial charge in [-0.25, -0.2) is 0 Å². The summed E-state index contributed by atoms with van der Waals surface area (Å²) >= 11 is 0. The van der Waals surface area contributed by atoms with Gasteiger partial charge in [0.05, 0.1) is 6.26 Å². The van der Waals surface area contributed by atoms with Crippen LogP contribution < -0.4 is 10.9 Å². The van der Waals surface area contributed by atoms with Gasteiger partial charge in [-0.3, -0.25) is 14.4 Å². The number of aromatic nitrogens is 1. The van der Waals surface area contributed by atoms with Crippen molar-refractivity contribution in [2.24, 2.45) is 11.3 Å². The fraction of sp³-hybridized carbons (Fsp3) is 0.500. The van der Waals surface area contributed by atoms with Crippen LogP contribution in [0.25, 0.3) is 0 Å². The molecule has 2 atom stereocenters. The highest BCUT2D eigenvalue weighted by Crippen LogP contribution is 2.36. The van der Waals surface area contributed by atoms with E-state index in [1.807, 2.05) is 11.0 Å². The van der Waals surface area contributed by atoms with Gasteiger partial charge in [-0.15, -0.1) is 0 Å². The first-order chi connectivity index (χ1) is 13.7. The Morgan fingerprint density at radius 3 is 2.66 bits per heavy atom. The van der Waals surface area contributed by atoms with Crippen LogP contribution in [0.15, 0.2) is 39.7 Å². The van der Waals surface area contributed by atoms with Crippen molar-refractivity contribution in [3.05, 3.63) is 52.3 Å². The number of likely N-dealkylation sites (tertiary alicyclic amines) is 1. The molecule has 4 heterocycles. The molecule has 1 saturated heterocycles. The summed E-state index contributed by atoms with van der Waals surface area (Å²) < 4.78 is 6.86. The lowest BCUT2D eigenvalue weighted by atomic mass is 9.82. The molecule has 2 amide bonds. The van der Waals surface area contributed by atoms with Crippen LogP contribution in [0.1, 0.15) is 55.8 Å². The van der Waals surface area contributed by atoms with Gasteiger partial charge in [0.15, 0.2) is 5.76 Å². The van der Waals surface area contributed by atoms with Gasteiger partial charge in [-0.1, -0.05) is 20.8 Å². The van der Waals surface area contributed by atoms with Gasteiger partial charge < -0.3 is 19.2 Å². The van der Waals surface area contributed by atoms with Crippen molar-refractivity contribution in [3.8, 4) is 0 Å². The van der Waals surface area contributed by atoms with E-state index in [1.165, 1.54) is 6.26 Å². The van der Waals surface area contributed by atoms with Gasteiger partial charge >= 0.3 is 0 Å². The summed E-state index contributed by atoms with van der Waals surface area (Å²) in [6.45, 7) is 8.10. The van der Waals surface area contributed by atoms with Crippen LogP contribution in [0.2, 0.25) is 0 Å². The van der Waals surface area contributed by atoms with Crippen molar-refractivity contribution < 1.29 is 14.0 Å². The number of fused-ring (bicyclic) bond motifs is 4. The Balaban J connectivity index is 1.55. The number of carbonyl (C=O) groups excluding carboxylic acids is 2. The van der Waals surface area contributed by atoms with E-state index in [0.717, 1.165) is 12.1 Å². The van der Waals surface area contributed by atoms with Gasteiger partial charge in [0, 0.05) is 37.7 Å². The second-order valence-electron chi connectivity index (χ2n) is 9.35. The molecule has 2 bridgehead atoms. The van der Waals surface area contributed by atoms with Crippen LogP contribution in [0.3, 0.4) is 0 Å². The van der Waals surface area contributed by atoms with Crippen molar-refractivity contribution in [1.29, 1.82) is 0 Å². The highest BCUT2D eigenvalue weighted by molar-refractivity contribution is 6.02. The lowest BCUT2D eigenvalue weighted by Gasteiger charge is -2.43. The van der Waals surface area contributed by atoms with Gasteiger partial charge in [0.2, 0.25) is 5.91 Å². The molecule has 0 unspecified atom stereocenters. The topological polar surface area (TPSA) is 84.6 Å². The molecule has 4 rings (SSSR count). The molecule has 2 aliphatic heterocycles. The SMILES string of the molecule is CC(C)(C)CC(=O)N1C[C@H]2C[C@H](C1)c1ccc(NC(=O)c3ccco3)c(=O)n1C2. The second-order valence-corrected chi connectivity index (χ2v) is 9.35. The Bertz CT molecular complexity index is 984. The summed E-state index contributed by atoms with van der Waals surface area (Å²) in [6.07, 6.45) is 2.93. The van der Waals surface area contributed by atoms with Crippen LogP contribution in [0, 0.1) is 11.3 Å². The van der Waals surface area contributed by atoms with Gasteiger partial charge in [0.25, 0.3) is 11.5 Å². The normalized spacial score (nSPS) is 20.9. The van der Waals surface area contributed by atoms with Crippen molar-refractivity contribution in [2.75, 3.05) is 18.4 Å². The van der Waals surface area contributed by atoms with Gasteiger partial charge in [-0.05, 0) is 42.0 Å². The number of rotatable bonds is 3. The Morgan fingerprint density at radius 1 is 1.17 bits per heavy atom. The van der Waals surface area contributed by atoms with E-state index in [0.29, 0.717) is 26.1 Å². The number of hydrogen-bond donors (Lipinski definition) is 1. The first-order valence-corrected chi connectivity index (χ1v) is 10.1. The van der Waals surface area contributed by atoms with Gasteiger partial charge in [0.1, 0.15) is 5.69 Å². The molecule has 0 radical (unpaired) electrons. The Kier molecular flexibility index (Phi) is 4.84. The number of nitrogens with zero attached hydrogens (tertiary/aromatic N) is 2. The molecule has 154 valence electrons. The Labute approximate surface area is 169 Å². The largest absolute Gasteiger partial charge is 0.459 e. The molecule has 1 fully saturated rings. The molecular formula is C22H27N3O4. The molecule has 1 N–H and O–H groups in total. The number of hydrogen-bond acceptors (Lipinski definition) is 4. The average molecular weight is 397 g/mol. The third-order valence-electron chi connectivity index (χ3n) is 5.63. The van der Waals surface area contributed by atoms with E-state index in [4.69, 9.17) is 4.42 Å². The smallest absolute Gasteiger partial charge is 0.291 e. The molecule has 2 aromatic heterocycles. The van der Waals surface area contributed by atoms with E-state index in [1.54, 1.807) is 22.8 Å². The van der Waals surface area contributed by atoms with Crippen LogP contribution >= 0.6 is 0 Å². The molecule has 7 nitrogen and oxygen atoms in total. The first kappa shape index (κ1) is 19.5. The fourth-order valence-corrected chi connectivity index (χ4v) is 4.40. The maximum Gasteiger partial charge on any atom is 0.291 e. The molecule has 0 spiro atoms. The molecular weight excluding hydrogens is 370 g/mol. The maximum absolute atomic E-state index is 13.0. The summed E-state index contributed by atoms with van der Waals surface area (Å²) in [6, 6.07) is 6.74. The number of piperidine rings is 1. The number of anilines is 1. The lowest BCUT2D eigenvalue weighted by molar-refractivity contribution is -0.135. The van der Waals surface area contributed by atoms with E-state index >= 15 is 0 Å². The highest BCUT2D eigenvalue weighted by Gasteiger charge is 2.37. The van der Waals surface area contributed by atoms with Crippen LogP contribution in [0.4, 0.5) is 5.69 Å². The molecule has 7 heteroatoms. The molecule has 2 aromatic rings. The van der Waals surface area contributed by atoms with Crippen molar-refractivity contribution in [3.63, 3.8) is 0 Å². The fourth-order valence-electron chi connectivity index (χ4n) is 4.40. The van der Waals surface area contributed by atoms with Crippen molar-refractivity contribution in [2.45, 2.75) is 46.1 Å². The number of pyridine rings is 1. The van der Waals surface area contributed by atoms with Crippen molar-refractivity contribution >= 4 is 17.5 Å². The predicted molar refractivity (Wildman–Crippen MR) is 109 cm³/mol. The summed E-state index contributed by atoms with van der Waals surface area (Å²) in [5.41, 5.74) is 0.942. The van der Waals surface area contributed by atoms with Crippen LogP contribution in [-0.4, -0.2) is 34.4 Å². The molecule has 2 aliphatic rings. The van der Waals surface area contributed by atoms with E-state index < -0.39 is 5.91 Å². The molecule has 0 saturated carbocycles. The summed E-state index contributed by atoms with van der Waals surface area (Å²) in [5, 5.41) is 2.65. The average Bonchev–Trinajstić information content (AvgIpc) is 3.18. The molecule has 29 heavy (non-hydrogen) atoms. The van der Waals surface area contributed by atoms with Crippen LogP contribution in [0.5, 0.6) is 0 Å². The number of amides is 2. The third-order valence-corrected chi connectivity index (χ3v) is 5.63. The van der Waals surface area contributed by atoms with Gasteiger partial charge in [-0.2, -0.15) is 0 Å². The predicted octanol–water partition coefficient (Wildman–Crippen LogP) is 3.08. The summed E-state index contributed by atoms with van der Waals surface area (Å²) in [4.78, 5) is 39.9.